The Bertz CT molecular complexity index is 862. The number of phenols is 1. The highest BCUT2D eigenvalue weighted by Crippen LogP contribution is 2.33. The van der Waals surface area contributed by atoms with Gasteiger partial charge in [-0.25, -0.2) is 4.79 Å². The number of ketones is 1. The molecule has 0 radical (unpaired) electrons. The van der Waals surface area contributed by atoms with Gasteiger partial charge in [0.2, 0.25) is 0 Å². The van der Waals surface area contributed by atoms with Crippen molar-refractivity contribution in [2.24, 2.45) is 0 Å². The van der Waals surface area contributed by atoms with Gasteiger partial charge >= 0.3 is 5.97 Å². The van der Waals surface area contributed by atoms with E-state index in [9.17, 15) is 14.7 Å². The molecule has 0 bridgehead atoms. The normalized spacial score (nSPS) is 10.5. The fourth-order valence-electron chi connectivity index (χ4n) is 2.70. The molecule has 28 heavy (non-hydrogen) atoms. The van der Waals surface area contributed by atoms with Crippen LogP contribution in [0.1, 0.15) is 53.0 Å². The van der Waals surface area contributed by atoms with E-state index in [4.69, 9.17) is 14.6 Å². The fourth-order valence-corrected chi connectivity index (χ4v) is 3.06. The number of halogens is 1. The third kappa shape index (κ3) is 5.48. The molecule has 2 rings (SSSR count). The first-order chi connectivity index (χ1) is 13.3. The van der Waals surface area contributed by atoms with Crippen LogP contribution in [0.5, 0.6) is 17.2 Å². The summed E-state index contributed by atoms with van der Waals surface area (Å²) in [6.45, 7) is 4.09. The molecule has 0 spiro atoms. The number of carbonyl (C=O) groups is 2. The Hall–Kier alpha value is -2.54. The van der Waals surface area contributed by atoms with Gasteiger partial charge in [0.15, 0.2) is 5.78 Å². The monoisotopic (exact) mass is 450 g/mol. The van der Waals surface area contributed by atoms with Crippen LogP contribution < -0.4 is 9.47 Å². The summed E-state index contributed by atoms with van der Waals surface area (Å²) in [5, 5.41) is 19.4. The smallest absolute Gasteiger partial charge is 0.335 e. The molecular weight excluding hydrogens is 428 g/mol. The molecule has 2 N–H and O–H groups in total. The molecule has 0 amide bonds. The lowest BCUT2D eigenvalue weighted by molar-refractivity contribution is 0.0696. The number of carboxylic acid groups (broad SMARTS) is 1. The number of phenolic OH excluding ortho intramolecular Hbond substituents is 1. The van der Waals surface area contributed by atoms with Crippen LogP contribution in [0.2, 0.25) is 0 Å². The largest absolute Gasteiger partial charge is 0.507 e. The quantitative estimate of drug-likeness (QED) is 0.396. The van der Waals surface area contributed by atoms with Gasteiger partial charge in [-0.3, -0.25) is 4.79 Å². The number of rotatable bonds is 10. The average molecular weight is 451 g/mol. The molecule has 0 atom stereocenters. The first-order valence-electron chi connectivity index (χ1n) is 8.99. The number of hydrogen-bond acceptors (Lipinski definition) is 5. The molecular formula is C21H23BrO6. The van der Waals surface area contributed by atoms with Crippen LogP contribution in [-0.2, 0) is 6.42 Å². The van der Waals surface area contributed by atoms with E-state index in [1.165, 1.54) is 19.1 Å². The second-order valence-electron chi connectivity index (χ2n) is 6.25. The van der Waals surface area contributed by atoms with E-state index < -0.39 is 5.97 Å². The summed E-state index contributed by atoms with van der Waals surface area (Å²) in [6, 6.07) is 7.86. The van der Waals surface area contributed by atoms with Gasteiger partial charge in [0.05, 0.1) is 28.8 Å². The van der Waals surface area contributed by atoms with Crippen molar-refractivity contribution >= 4 is 27.7 Å². The Balaban J connectivity index is 1.95. The molecule has 150 valence electrons. The summed E-state index contributed by atoms with van der Waals surface area (Å²) < 4.78 is 12.1. The zero-order chi connectivity index (χ0) is 20.7. The predicted octanol–water partition coefficient (Wildman–Crippen LogP) is 4.86. The maximum Gasteiger partial charge on any atom is 0.335 e. The fraction of sp³-hybridized carbons (Fsp3) is 0.333. The molecule has 2 aromatic rings. The van der Waals surface area contributed by atoms with Gasteiger partial charge in [-0.2, -0.15) is 0 Å². The minimum Gasteiger partial charge on any atom is -0.507 e. The third-order valence-corrected chi connectivity index (χ3v) is 4.76. The van der Waals surface area contributed by atoms with Crippen molar-refractivity contribution < 1.29 is 29.3 Å². The lowest BCUT2D eigenvalue weighted by atomic mass is 10.0. The van der Waals surface area contributed by atoms with Crippen LogP contribution in [0.4, 0.5) is 0 Å². The molecule has 0 saturated heterocycles. The van der Waals surface area contributed by atoms with Crippen molar-refractivity contribution in [2.45, 2.75) is 33.1 Å². The maximum absolute atomic E-state index is 11.6. The number of hydrogen-bond donors (Lipinski definition) is 2. The van der Waals surface area contributed by atoms with Gasteiger partial charge in [0.25, 0.3) is 0 Å². The molecule has 7 heteroatoms. The summed E-state index contributed by atoms with van der Waals surface area (Å²) in [6.07, 6.45) is 1.97. The number of aromatic carboxylic acids is 1. The average Bonchev–Trinajstić information content (AvgIpc) is 2.64. The molecule has 0 saturated carbocycles. The van der Waals surface area contributed by atoms with Gasteiger partial charge in [-0.15, -0.1) is 0 Å². The van der Waals surface area contributed by atoms with E-state index in [2.05, 4.69) is 15.9 Å². The van der Waals surface area contributed by atoms with Gasteiger partial charge < -0.3 is 19.7 Å². The van der Waals surface area contributed by atoms with E-state index in [1.54, 1.807) is 18.2 Å². The van der Waals surface area contributed by atoms with Crippen molar-refractivity contribution in [2.75, 3.05) is 13.2 Å². The minimum atomic E-state index is -1.02. The molecule has 0 unspecified atom stereocenters. The molecule has 2 aromatic carbocycles. The number of aromatic hydroxyl groups is 1. The van der Waals surface area contributed by atoms with Crippen molar-refractivity contribution in [1.29, 1.82) is 0 Å². The van der Waals surface area contributed by atoms with Gasteiger partial charge in [0.1, 0.15) is 17.2 Å². The second-order valence-corrected chi connectivity index (χ2v) is 7.10. The summed E-state index contributed by atoms with van der Waals surface area (Å²) >= 11 is 3.33. The Morgan fingerprint density at radius 3 is 2.36 bits per heavy atom. The Kier molecular flexibility index (Phi) is 7.87. The summed E-state index contributed by atoms with van der Waals surface area (Å²) in [7, 11) is 0. The van der Waals surface area contributed by atoms with Crippen LogP contribution in [0.3, 0.4) is 0 Å². The first kappa shape index (κ1) is 21.8. The standard InChI is InChI=1S/C21H23BrO6/c1-3-5-16-18(9-7-15(13(2)23)20(16)24)27-10-4-11-28-19-12-14(21(25)26)6-8-17(19)22/h6-9,12,24H,3-5,10-11H2,1-2H3,(H,25,26). The molecule has 0 aliphatic rings. The number of Topliss-reactive ketones (excluding diaryl/α,β-unsaturated/α-hetero) is 1. The van der Waals surface area contributed by atoms with Crippen LogP contribution in [0.25, 0.3) is 0 Å². The van der Waals surface area contributed by atoms with Crippen molar-refractivity contribution in [1.82, 2.24) is 0 Å². The highest BCUT2D eigenvalue weighted by Gasteiger charge is 2.16. The van der Waals surface area contributed by atoms with Gasteiger partial charge in [-0.05, 0) is 59.6 Å². The highest BCUT2D eigenvalue weighted by molar-refractivity contribution is 9.10. The van der Waals surface area contributed by atoms with Gasteiger partial charge in [0, 0.05) is 12.0 Å². The zero-order valence-electron chi connectivity index (χ0n) is 15.8. The summed E-state index contributed by atoms with van der Waals surface area (Å²) in [5.41, 5.74) is 1.08. The minimum absolute atomic E-state index is 0.0162. The SMILES string of the molecule is CCCc1c(OCCCOc2cc(C(=O)O)ccc2Br)ccc(C(C)=O)c1O. The lowest BCUT2D eigenvalue weighted by Gasteiger charge is -2.15. The van der Waals surface area contributed by atoms with Crippen LogP contribution >= 0.6 is 15.9 Å². The van der Waals surface area contributed by atoms with E-state index in [0.29, 0.717) is 53.2 Å². The van der Waals surface area contributed by atoms with Crippen LogP contribution in [-0.4, -0.2) is 35.2 Å². The molecule has 0 heterocycles. The molecule has 0 fully saturated rings. The number of ether oxygens (including phenoxy) is 2. The molecule has 0 aromatic heterocycles. The molecule has 0 aliphatic heterocycles. The Morgan fingerprint density at radius 1 is 1.07 bits per heavy atom. The van der Waals surface area contributed by atoms with Crippen molar-refractivity contribution in [3.8, 4) is 17.2 Å². The predicted molar refractivity (Wildman–Crippen MR) is 109 cm³/mol. The van der Waals surface area contributed by atoms with Gasteiger partial charge in [-0.1, -0.05) is 13.3 Å². The number of benzene rings is 2. The van der Waals surface area contributed by atoms with Crippen molar-refractivity contribution in [3.63, 3.8) is 0 Å². The van der Waals surface area contributed by atoms with E-state index in [1.807, 2.05) is 6.92 Å². The van der Waals surface area contributed by atoms with E-state index >= 15 is 0 Å². The number of carbonyl (C=O) groups excluding carboxylic acids is 1. The van der Waals surface area contributed by atoms with Crippen LogP contribution in [0.15, 0.2) is 34.8 Å². The Labute approximate surface area is 172 Å². The number of carboxylic acids is 1. The lowest BCUT2D eigenvalue weighted by Crippen LogP contribution is -2.08. The second kappa shape index (κ2) is 10.1. The Morgan fingerprint density at radius 2 is 1.75 bits per heavy atom. The highest BCUT2D eigenvalue weighted by atomic mass is 79.9. The van der Waals surface area contributed by atoms with E-state index in [-0.39, 0.29) is 17.1 Å². The van der Waals surface area contributed by atoms with E-state index in [0.717, 1.165) is 6.42 Å². The van der Waals surface area contributed by atoms with Crippen molar-refractivity contribution in [3.05, 3.63) is 51.5 Å². The summed E-state index contributed by atoms with van der Waals surface area (Å²) in [4.78, 5) is 22.6. The molecule has 6 nitrogen and oxygen atoms in total. The topological polar surface area (TPSA) is 93.1 Å². The molecule has 0 aliphatic carbocycles. The van der Waals surface area contributed by atoms with Crippen LogP contribution in [0, 0.1) is 0 Å². The zero-order valence-corrected chi connectivity index (χ0v) is 17.4. The first-order valence-corrected chi connectivity index (χ1v) is 9.78. The summed E-state index contributed by atoms with van der Waals surface area (Å²) in [5.74, 6) is -0.215. The third-order valence-electron chi connectivity index (χ3n) is 4.10. The maximum atomic E-state index is 11.6.